The number of aromatic nitrogens is 1. The van der Waals surface area contributed by atoms with Crippen LogP contribution in [0.2, 0.25) is 5.02 Å². The SMILES string of the molecule is O=C(COC(=O)[C@@H](Cc1ccccc1)NC(=O)c1cccs1)Nc1ccc(Cl)cn1. The smallest absolute Gasteiger partial charge is 0.329 e. The fourth-order valence-electron chi connectivity index (χ4n) is 2.55. The normalized spacial score (nSPS) is 11.4. The number of hydrogen-bond donors (Lipinski definition) is 2. The lowest BCUT2D eigenvalue weighted by atomic mass is 10.1. The van der Waals surface area contributed by atoms with Gasteiger partial charge in [-0.2, -0.15) is 0 Å². The third kappa shape index (κ3) is 6.40. The molecule has 1 aromatic carbocycles. The van der Waals surface area contributed by atoms with E-state index < -0.39 is 24.5 Å². The van der Waals surface area contributed by atoms with Crippen molar-refractivity contribution in [1.82, 2.24) is 10.3 Å². The average molecular weight is 444 g/mol. The Kier molecular flexibility index (Phi) is 7.53. The third-order valence-electron chi connectivity index (χ3n) is 3.96. The van der Waals surface area contributed by atoms with E-state index in [2.05, 4.69) is 15.6 Å². The Morgan fingerprint density at radius 1 is 1.07 bits per heavy atom. The van der Waals surface area contributed by atoms with Crippen LogP contribution in [0.4, 0.5) is 5.82 Å². The molecular formula is C21H18ClN3O4S. The molecule has 0 fully saturated rings. The van der Waals surface area contributed by atoms with Crippen LogP contribution in [0.5, 0.6) is 0 Å². The predicted molar refractivity (Wildman–Crippen MR) is 115 cm³/mol. The van der Waals surface area contributed by atoms with Crippen molar-refractivity contribution in [3.05, 3.63) is 81.6 Å². The van der Waals surface area contributed by atoms with E-state index in [0.29, 0.717) is 9.90 Å². The number of nitrogens with one attached hydrogen (secondary N) is 2. The van der Waals surface area contributed by atoms with Crippen molar-refractivity contribution < 1.29 is 19.1 Å². The molecular weight excluding hydrogens is 426 g/mol. The van der Waals surface area contributed by atoms with E-state index >= 15 is 0 Å². The van der Waals surface area contributed by atoms with E-state index in [-0.39, 0.29) is 18.1 Å². The van der Waals surface area contributed by atoms with Gasteiger partial charge < -0.3 is 15.4 Å². The number of carbonyl (C=O) groups is 3. The summed E-state index contributed by atoms with van der Waals surface area (Å²) in [5.41, 5.74) is 0.848. The summed E-state index contributed by atoms with van der Waals surface area (Å²) in [7, 11) is 0. The maximum Gasteiger partial charge on any atom is 0.329 e. The second-order valence-electron chi connectivity index (χ2n) is 6.21. The lowest BCUT2D eigenvalue weighted by Crippen LogP contribution is -2.43. The van der Waals surface area contributed by atoms with Crippen LogP contribution in [-0.4, -0.2) is 35.4 Å². The summed E-state index contributed by atoms with van der Waals surface area (Å²) in [6, 6.07) is 14.8. The van der Waals surface area contributed by atoms with Crippen LogP contribution in [0.25, 0.3) is 0 Å². The van der Waals surface area contributed by atoms with Crippen molar-refractivity contribution in [2.75, 3.05) is 11.9 Å². The number of anilines is 1. The molecule has 7 nitrogen and oxygen atoms in total. The monoisotopic (exact) mass is 443 g/mol. The molecule has 0 saturated carbocycles. The standard InChI is InChI=1S/C21H18ClN3O4S/c22-15-8-9-18(23-12-15)25-19(26)13-29-21(28)16(11-14-5-2-1-3-6-14)24-20(27)17-7-4-10-30-17/h1-10,12,16H,11,13H2,(H,24,27)(H,23,25,26)/t16-/m1/s1. The Balaban J connectivity index is 1.61. The van der Waals surface area contributed by atoms with E-state index in [1.807, 2.05) is 30.3 Å². The largest absolute Gasteiger partial charge is 0.454 e. The summed E-state index contributed by atoms with van der Waals surface area (Å²) < 4.78 is 5.14. The first-order valence-electron chi connectivity index (χ1n) is 8.97. The Hall–Kier alpha value is -3.23. The second kappa shape index (κ2) is 10.5. The number of thiophene rings is 1. The molecule has 154 valence electrons. The highest BCUT2D eigenvalue weighted by Gasteiger charge is 2.24. The highest BCUT2D eigenvalue weighted by atomic mass is 35.5. The summed E-state index contributed by atoms with van der Waals surface area (Å²) in [5, 5.41) is 7.40. The molecule has 0 aliphatic heterocycles. The number of carbonyl (C=O) groups excluding carboxylic acids is 3. The summed E-state index contributed by atoms with van der Waals surface area (Å²) in [4.78, 5) is 41.5. The number of amides is 2. The van der Waals surface area contributed by atoms with Gasteiger partial charge in [0.05, 0.1) is 9.90 Å². The minimum absolute atomic E-state index is 0.233. The third-order valence-corrected chi connectivity index (χ3v) is 5.05. The van der Waals surface area contributed by atoms with Crippen molar-refractivity contribution in [1.29, 1.82) is 0 Å². The van der Waals surface area contributed by atoms with Gasteiger partial charge in [-0.05, 0) is 29.1 Å². The Morgan fingerprint density at radius 2 is 1.87 bits per heavy atom. The van der Waals surface area contributed by atoms with Crippen LogP contribution in [0.15, 0.2) is 66.2 Å². The molecule has 0 aliphatic carbocycles. The summed E-state index contributed by atoms with van der Waals surface area (Å²) in [6.45, 7) is -0.511. The van der Waals surface area contributed by atoms with Crippen LogP contribution in [0.3, 0.4) is 0 Å². The number of nitrogens with zero attached hydrogens (tertiary/aromatic N) is 1. The number of benzene rings is 1. The number of rotatable bonds is 8. The van der Waals surface area contributed by atoms with Crippen LogP contribution in [-0.2, 0) is 20.7 Å². The summed E-state index contributed by atoms with van der Waals surface area (Å²) >= 11 is 7.02. The minimum Gasteiger partial charge on any atom is -0.454 e. The van der Waals surface area contributed by atoms with Crippen LogP contribution < -0.4 is 10.6 Å². The van der Waals surface area contributed by atoms with Crippen LogP contribution in [0.1, 0.15) is 15.2 Å². The van der Waals surface area contributed by atoms with Crippen LogP contribution >= 0.6 is 22.9 Å². The highest BCUT2D eigenvalue weighted by molar-refractivity contribution is 7.12. The Bertz CT molecular complexity index is 995. The fourth-order valence-corrected chi connectivity index (χ4v) is 3.28. The molecule has 30 heavy (non-hydrogen) atoms. The number of pyridine rings is 1. The van der Waals surface area contributed by atoms with Gasteiger partial charge in [-0.25, -0.2) is 9.78 Å². The lowest BCUT2D eigenvalue weighted by Gasteiger charge is -2.17. The molecule has 2 heterocycles. The lowest BCUT2D eigenvalue weighted by molar-refractivity contribution is -0.149. The molecule has 3 rings (SSSR count). The van der Waals surface area contributed by atoms with E-state index in [4.69, 9.17) is 16.3 Å². The Morgan fingerprint density at radius 3 is 2.53 bits per heavy atom. The predicted octanol–water partition coefficient (Wildman–Crippen LogP) is 3.32. The van der Waals surface area contributed by atoms with Gasteiger partial charge in [-0.1, -0.05) is 48.0 Å². The topological polar surface area (TPSA) is 97.4 Å². The quantitative estimate of drug-likeness (QED) is 0.520. The van der Waals surface area contributed by atoms with Crippen molar-refractivity contribution in [3.8, 4) is 0 Å². The summed E-state index contributed by atoms with van der Waals surface area (Å²) in [5.74, 6) is -1.35. The maximum atomic E-state index is 12.6. The molecule has 0 aliphatic rings. The van der Waals surface area contributed by atoms with Crippen molar-refractivity contribution >= 4 is 46.5 Å². The van der Waals surface area contributed by atoms with Crippen LogP contribution in [0, 0.1) is 0 Å². The van der Waals surface area contributed by atoms with Gasteiger partial charge in [-0.3, -0.25) is 9.59 Å². The van der Waals surface area contributed by atoms with Gasteiger partial charge >= 0.3 is 5.97 Å². The first-order chi connectivity index (χ1) is 14.5. The van der Waals surface area contributed by atoms with Gasteiger partial charge in [0.2, 0.25) is 0 Å². The highest BCUT2D eigenvalue weighted by Crippen LogP contribution is 2.11. The van der Waals surface area contributed by atoms with Gasteiger partial charge in [-0.15, -0.1) is 11.3 Å². The molecule has 0 unspecified atom stereocenters. The zero-order chi connectivity index (χ0) is 21.3. The average Bonchev–Trinajstić information content (AvgIpc) is 3.29. The van der Waals surface area contributed by atoms with Gasteiger partial charge in [0, 0.05) is 12.6 Å². The Labute approximate surface area is 182 Å². The molecule has 2 amide bonds. The molecule has 3 aromatic rings. The van der Waals surface area contributed by atoms with Gasteiger partial charge in [0.25, 0.3) is 11.8 Å². The fraction of sp³-hybridized carbons (Fsp3) is 0.143. The van der Waals surface area contributed by atoms with E-state index in [1.54, 1.807) is 23.6 Å². The number of ether oxygens (including phenoxy) is 1. The summed E-state index contributed by atoms with van der Waals surface area (Å²) in [6.07, 6.45) is 1.62. The number of hydrogen-bond acceptors (Lipinski definition) is 6. The van der Waals surface area contributed by atoms with E-state index in [0.717, 1.165) is 5.56 Å². The number of halogens is 1. The van der Waals surface area contributed by atoms with E-state index in [9.17, 15) is 14.4 Å². The van der Waals surface area contributed by atoms with Crippen molar-refractivity contribution in [3.63, 3.8) is 0 Å². The second-order valence-corrected chi connectivity index (χ2v) is 7.59. The zero-order valence-corrected chi connectivity index (χ0v) is 17.3. The van der Waals surface area contributed by atoms with Crippen molar-refractivity contribution in [2.24, 2.45) is 0 Å². The molecule has 0 spiro atoms. The first kappa shape index (κ1) is 21.5. The molecule has 9 heteroatoms. The molecule has 2 N–H and O–H groups in total. The minimum atomic E-state index is -0.941. The van der Waals surface area contributed by atoms with E-state index in [1.165, 1.54) is 23.6 Å². The number of esters is 1. The molecule has 2 aromatic heterocycles. The zero-order valence-electron chi connectivity index (χ0n) is 15.7. The molecule has 0 saturated heterocycles. The molecule has 0 bridgehead atoms. The molecule has 0 radical (unpaired) electrons. The maximum absolute atomic E-state index is 12.6. The van der Waals surface area contributed by atoms with Gasteiger partial charge in [0.15, 0.2) is 6.61 Å². The molecule has 1 atom stereocenters. The first-order valence-corrected chi connectivity index (χ1v) is 10.2. The van der Waals surface area contributed by atoms with Gasteiger partial charge in [0.1, 0.15) is 11.9 Å². The van der Waals surface area contributed by atoms with Crippen molar-refractivity contribution in [2.45, 2.75) is 12.5 Å².